The van der Waals surface area contributed by atoms with Crippen molar-refractivity contribution in [2.24, 2.45) is 23.1 Å². The first-order chi connectivity index (χ1) is 12.5. The van der Waals surface area contributed by atoms with E-state index in [1.54, 1.807) is 6.92 Å². The largest absolute Gasteiger partial charge is 0.451 e. The van der Waals surface area contributed by atoms with Gasteiger partial charge in [0.2, 0.25) is 0 Å². The highest BCUT2D eigenvalue weighted by Crippen LogP contribution is 2.35. The molecule has 2 fully saturated rings. The zero-order valence-electron chi connectivity index (χ0n) is 15.8. The number of nitrogens with zero attached hydrogens (tertiary/aromatic N) is 2. The maximum atomic E-state index is 13.2. The molecule has 8 N–H and O–H groups in total. The molecule has 0 aromatic carbocycles. The first kappa shape index (κ1) is 22.5. The van der Waals surface area contributed by atoms with Crippen LogP contribution < -0.4 is 17.2 Å². The lowest BCUT2D eigenvalue weighted by molar-refractivity contribution is -0.130. The minimum absolute atomic E-state index is 0.0933. The number of carbonyl (C=O) groups is 1. The predicted molar refractivity (Wildman–Crippen MR) is 102 cm³/mol. The quantitative estimate of drug-likeness (QED) is 0.268. The summed E-state index contributed by atoms with van der Waals surface area (Å²) in [4.78, 5) is 12.6. The third-order valence-corrected chi connectivity index (χ3v) is 7.56. The van der Waals surface area contributed by atoms with Crippen molar-refractivity contribution in [3.63, 3.8) is 0 Å². The summed E-state index contributed by atoms with van der Waals surface area (Å²) in [6.45, 7) is 1.93. The maximum absolute atomic E-state index is 13.2. The fourth-order valence-electron chi connectivity index (χ4n) is 3.66. The maximum Gasteiger partial charge on any atom is 0.451 e. The van der Waals surface area contributed by atoms with Gasteiger partial charge in [-0.25, -0.2) is 4.31 Å². The number of carbonyl (C=O) groups excluding carboxylic acids is 1. The summed E-state index contributed by atoms with van der Waals surface area (Å²) in [6.07, 6.45) is 3.39. The molecule has 156 valence electrons. The number of rotatable bonds is 9. The van der Waals surface area contributed by atoms with Crippen molar-refractivity contribution in [1.82, 2.24) is 8.61 Å². The van der Waals surface area contributed by atoms with E-state index in [2.05, 4.69) is 0 Å². The molecule has 0 aromatic heterocycles. The van der Waals surface area contributed by atoms with Crippen molar-refractivity contribution < 1.29 is 23.3 Å². The molecule has 2 rings (SSSR count). The van der Waals surface area contributed by atoms with Gasteiger partial charge in [-0.05, 0) is 44.8 Å². The number of amides is 1. The van der Waals surface area contributed by atoms with E-state index in [1.807, 2.05) is 0 Å². The minimum atomic E-state index is -4.06. The van der Waals surface area contributed by atoms with Crippen molar-refractivity contribution in [2.45, 2.75) is 63.0 Å². The van der Waals surface area contributed by atoms with Gasteiger partial charge in [0.1, 0.15) is 0 Å². The Hall–Kier alpha value is -0.755. The Morgan fingerprint density at radius 2 is 2.04 bits per heavy atom. The van der Waals surface area contributed by atoms with Crippen molar-refractivity contribution in [3.8, 4) is 0 Å². The highest BCUT2D eigenvalue weighted by atomic mass is 32.2. The predicted octanol–water partition coefficient (Wildman–Crippen LogP) is -2.20. The van der Waals surface area contributed by atoms with Crippen LogP contribution in [0, 0.1) is 5.92 Å². The molecule has 1 saturated carbocycles. The third kappa shape index (κ3) is 5.00. The molecule has 2 aliphatic rings. The van der Waals surface area contributed by atoms with E-state index in [0.29, 0.717) is 25.7 Å². The SMILES string of the molecule is C[C@]1(N)CN(S(=O)(=O)N(C(=O)C(N)CN)C2CCC2)C[C@@H]1CCCB(O)O. The van der Waals surface area contributed by atoms with E-state index in [9.17, 15) is 13.2 Å². The van der Waals surface area contributed by atoms with Crippen LogP contribution in [-0.4, -0.2) is 77.4 Å². The standard InChI is InChI=1S/C15H32BN5O5S/c1-15(19)10-20(9-11(15)4-3-7-16(23)24)27(25,26)21(12-5-2-6-12)14(22)13(18)8-17/h11-13,23-24H,2-10,17-19H2,1H3/t11-,13?,15-/m0/s1. The third-order valence-electron chi connectivity index (χ3n) is 5.66. The summed E-state index contributed by atoms with van der Waals surface area (Å²) >= 11 is 0. The summed E-state index contributed by atoms with van der Waals surface area (Å²) in [6, 6.07) is -1.44. The van der Waals surface area contributed by atoms with Gasteiger partial charge < -0.3 is 27.2 Å². The highest BCUT2D eigenvalue weighted by Gasteiger charge is 2.49. The lowest BCUT2D eigenvalue weighted by Crippen LogP contribution is -2.59. The number of hydrogen-bond acceptors (Lipinski definition) is 8. The van der Waals surface area contributed by atoms with E-state index < -0.39 is 34.8 Å². The molecular weight excluding hydrogens is 373 g/mol. The normalized spacial score (nSPS) is 28.0. The Morgan fingerprint density at radius 3 is 2.52 bits per heavy atom. The van der Waals surface area contributed by atoms with Crippen LogP contribution >= 0.6 is 0 Å². The van der Waals surface area contributed by atoms with Crippen LogP contribution in [0.2, 0.25) is 6.32 Å². The summed E-state index contributed by atoms with van der Waals surface area (Å²) in [5.41, 5.74) is 16.8. The van der Waals surface area contributed by atoms with Gasteiger partial charge in [0, 0.05) is 31.2 Å². The van der Waals surface area contributed by atoms with Gasteiger partial charge in [-0.2, -0.15) is 12.7 Å². The van der Waals surface area contributed by atoms with E-state index in [4.69, 9.17) is 27.2 Å². The molecule has 1 saturated heterocycles. The van der Waals surface area contributed by atoms with Gasteiger partial charge in [-0.1, -0.05) is 6.42 Å². The van der Waals surface area contributed by atoms with E-state index >= 15 is 0 Å². The van der Waals surface area contributed by atoms with Crippen LogP contribution in [0.15, 0.2) is 0 Å². The summed E-state index contributed by atoms with van der Waals surface area (Å²) in [7, 11) is -5.45. The molecule has 10 nitrogen and oxygen atoms in total. The molecule has 3 atom stereocenters. The summed E-state index contributed by atoms with van der Waals surface area (Å²) in [5, 5.41) is 18.0. The molecule has 12 heteroatoms. The first-order valence-corrected chi connectivity index (χ1v) is 10.8. The highest BCUT2D eigenvalue weighted by molar-refractivity contribution is 7.87. The topological polar surface area (TPSA) is 176 Å². The molecule has 1 unspecified atom stereocenters. The second kappa shape index (κ2) is 8.72. The molecule has 1 aliphatic heterocycles. The van der Waals surface area contributed by atoms with E-state index in [0.717, 1.165) is 10.7 Å². The molecule has 0 aromatic rings. The van der Waals surface area contributed by atoms with Crippen LogP contribution in [0.1, 0.15) is 39.0 Å². The van der Waals surface area contributed by atoms with E-state index in [1.165, 1.54) is 4.31 Å². The fourth-order valence-corrected chi connectivity index (χ4v) is 5.67. The van der Waals surface area contributed by atoms with Crippen molar-refractivity contribution >= 4 is 23.2 Å². The second-order valence-electron chi connectivity index (χ2n) is 7.98. The molecule has 0 bridgehead atoms. The Morgan fingerprint density at radius 1 is 1.41 bits per heavy atom. The zero-order chi connectivity index (χ0) is 20.4. The van der Waals surface area contributed by atoms with Gasteiger partial charge in [0.05, 0.1) is 6.04 Å². The Balaban J connectivity index is 2.17. The molecular formula is C15H32BN5O5S. The van der Waals surface area contributed by atoms with Gasteiger partial charge in [0.25, 0.3) is 5.91 Å². The van der Waals surface area contributed by atoms with Crippen molar-refractivity contribution in [1.29, 1.82) is 0 Å². The molecule has 0 radical (unpaired) electrons. The molecule has 1 amide bonds. The molecule has 1 heterocycles. The van der Waals surface area contributed by atoms with Crippen LogP contribution in [0.4, 0.5) is 0 Å². The van der Waals surface area contributed by atoms with Crippen molar-refractivity contribution in [2.75, 3.05) is 19.6 Å². The van der Waals surface area contributed by atoms with Gasteiger partial charge in [0.15, 0.2) is 0 Å². The van der Waals surface area contributed by atoms with Crippen molar-refractivity contribution in [3.05, 3.63) is 0 Å². The van der Waals surface area contributed by atoms with E-state index in [-0.39, 0.29) is 37.9 Å². The number of nitrogens with two attached hydrogens (primary N) is 3. The number of hydrogen-bond donors (Lipinski definition) is 5. The Bertz CT molecular complexity index is 628. The first-order valence-electron chi connectivity index (χ1n) is 9.44. The average molecular weight is 405 g/mol. The van der Waals surface area contributed by atoms with Gasteiger partial charge in [-0.3, -0.25) is 4.79 Å². The fraction of sp³-hybridized carbons (Fsp3) is 0.933. The zero-order valence-corrected chi connectivity index (χ0v) is 16.6. The lowest BCUT2D eigenvalue weighted by Gasteiger charge is -2.39. The monoisotopic (exact) mass is 405 g/mol. The lowest BCUT2D eigenvalue weighted by atomic mass is 9.79. The summed E-state index contributed by atoms with van der Waals surface area (Å²) in [5.74, 6) is -0.819. The van der Waals surface area contributed by atoms with Crippen LogP contribution in [0.5, 0.6) is 0 Å². The minimum Gasteiger partial charge on any atom is -0.427 e. The van der Waals surface area contributed by atoms with Crippen LogP contribution in [0.3, 0.4) is 0 Å². The van der Waals surface area contributed by atoms with Gasteiger partial charge in [-0.15, -0.1) is 0 Å². The molecule has 27 heavy (non-hydrogen) atoms. The average Bonchev–Trinajstić information content (AvgIpc) is 2.84. The smallest absolute Gasteiger partial charge is 0.427 e. The molecule has 1 aliphatic carbocycles. The summed E-state index contributed by atoms with van der Waals surface area (Å²) < 4.78 is 28.7. The van der Waals surface area contributed by atoms with Gasteiger partial charge >= 0.3 is 17.3 Å². The second-order valence-corrected chi connectivity index (χ2v) is 9.78. The Kier molecular flexibility index (Phi) is 7.28. The molecule has 0 spiro atoms. The van der Waals surface area contributed by atoms with Crippen LogP contribution in [0.25, 0.3) is 0 Å². The van der Waals surface area contributed by atoms with Crippen LogP contribution in [-0.2, 0) is 15.0 Å². The Labute approximate surface area is 161 Å².